The summed E-state index contributed by atoms with van der Waals surface area (Å²) in [5.74, 6) is 1.88. The van der Waals surface area contributed by atoms with E-state index in [9.17, 15) is 4.79 Å². The van der Waals surface area contributed by atoms with Crippen molar-refractivity contribution in [2.45, 2.75) is 13.3 Å². The molecule has 6 heteroatoms. The molecule has 1 saturated heterocycles. The van der Waals surface area contributed by atoms with Crippen molar-refractivity contribution in [1.29, 1.82) is 0 Å². The van der Waals surface area contributed by atoms with Crippen molar-refractivity contribution in [2.24, 2.45) is 0 Å². The van der Waals surface area contributed by atoms with Gasteiger partial charge in [0.2, 0.25) is 5.91 Å². The Labute approximate surface area is 177 Å². The van der Waals surface area contributed by atoms with Crippen molar-refractivity contribution in [3.8, 4) is 17.0 Å². The molecule has 0 spiro atoms. The molecule has 1 aliphatic rings. The fourth-order valence-electron chi connectivity index (χ4n) is 3.60. The number of ether oxygens (including phenoxy) is 1. The summed E-state index contributed by atoms with van der Waals surface area (Å²) >= 11 is 0. The lowest BCUT2D eigenvalue weighted by atomic mass is 10.1. The van der Waals surface area contributed by atoms with Crippen molar-refractivity contribution < 1.29 is 9.53 Å². The summed E-state index contributed by atoms with van der Waals surface area (Å²) < 4.78 is 5.48. The standard InChI is InChI=1S/C24H26N4O2/c1-2-30-21-10-8-20(9-11-21)22-12-13-23(26-25-22)27-14-16-28(17-15-27)24(29)18-19-6-4-3-5-7-19/h3-13H,2,14-18H2,1H3. The molecule has 0 aliphatic carbocycles. The van der Waals surface area contributed by atoms with Gasteiger partial charge < -0.3 is 14.5 Å². The number of aromatic nitrogens is 2. The Morgan fingerprint density at radius 1 is 0.900 bits per heavy atom. The number of hydrogen-bond acceptors (Lipinski definition) is 5. The molecule has 154 valence electrons. The fourth-order valence-corrected chi connectivity index (χ4v) is 3.60. The molecule has 4 rings (SSSR count). The number of carbonyl (C=O) groups is 1. The Morgan fingerprint density at radius 2 is 1.63 bits per heavy atom. The van der Waals surface area contributed by atoms with Crippen molar-refractivity contribution in [3.63, 3.8) is 0 Å². The number of carbonyl (C=O) groups excluding carboxylic acids is 1. The minimum atomic E-state index is 0.179. The largest absolute Gasteiger partial charge is 0.494 e. The summed E-state index contributed by atoms with van der Waals surface area (Å²) in [6, 6.07) is 21.8. The minimum Gasteiger partial charge on any atom is -0.494 e. The van der Waals surface area contributed by atoms with Gasteiger partial charge in [-0.1, -0.05) is 30.3 Å². The van der Waals surface area contributed by atoms with E-state index >= 15 is 0 Å². The van der Waals surface area contributed by atoms with Crippen molar-refractivity contribution in [1.82, 2.24) is 15.1 Å². The normalized spacial score (nSPS) is 13.9. The molecule has 6 nitrogen and oxygen atoms in total. The number of rotatable bonds is 6. The van der Waals surface area contributed by atoms with E-state index in [2.05, 4.69) is 15.1 Å². The van der Waals surface area contributed by atoms with Gasteiger partial charge in [0.25, 0.3) is 0 Å². The molecular weight excluding hydrogens is 376 g/mol. The average molecular weight is 402 g/mol. The topological polar surface area (TPSA) is 58.6 Å². The van der Waals surface area contributed by atoms with Crippen LogP contribution in [0.5, 0.6) is 5.75 Å². The van der Waals surface area contributed by atoms with Crippen LogP contribution in [0.2, 0.25) is 0 Å². The summed E-state index contributed by atoms with van der Waals surface area (Å²) in [5.41, 5.74) is 2.90. The molecular formula is C24H26N4O2. The highest BCUT2D eigenvalue weighted by atomic mass is 16.5. The van der Waals surface area contributed by atoms with Gasteiger partial charge in [-0.15, -0.1) is 10.2 Å². The van der Waals surface area contributed by atoms with Crippen LogP contribution in [0, 0.1) is 0 Å². The van der Waals surface area contributed by atoms with Crippen molar-refractivity contribution >= 4 is 11.7 Å². The first-order chi connectivity index (χ1) is 14.7. The highest BCUT2D eigenvalue weighted by molar-refractivity contribution is 5.79. The van der Waals surface area contributed by atoms with E-state index in [1.54, 1.807) is 0 Å². The molecule has 0 N–H and O–H groups in total. The van der Waals surface area contributed by atoms with Gasteiger partial charge in [0.05, 0.1) is 18.7 Å². The van der Waals surface area contributed by atoms with Gasteiger partial charge in [0, 0.05) is 31.7 Å². The van der Waals surface area contributed by atoms with Crippen LogP contribution in [0.1, 0.15) is 12.5 Å². The van der Waals surface area contributed by atoms with Gasteiger partial charge in [0.1, 0.15) is 5.75 Å². The Hall–Kier alpha value is -3.41. The first-order valence-corrected chi connectivity index (χ1v) is 10.4. The zero-order valence-electron chi connectivity index (χ0n) is 17.2. The number of benzene rings is 2. The monoisotopic (exact) mass is 402 g/mol. The number of amides is 1. The number of hydrogen-bond donors (Lipinski definition) is 0. The quantitative estimate of drug-likeness (QED) is 0.632. The average Bonchev–Trinajstić information content (AvgIpc) is 2.81. The first-order valence-electron chi connectivity index (χ1n) is 10.4. The van der Waals surface area contributed by atoms with Crippen LogP contribution in [-0.2, 0) is 11.2 Å². The lowest BCUT2D eigenvalue weighted by molar-refractivity contribution is -0.130. The SMILES string of the molecule is CCOc1ccc(-c2ccc(N3CCN(C(=O)Cc4ccccc4)CC3)nn2)cc1. The van der Waals surface area contributed by atoms with Crippen LogP contribution in [-0.4, -0.2) is 53.8 Å². The molecule has 3 aromatic rings. The Morgan fingerprint density at radius 3 is 2.27 bits per heavy atom. The Kier molecular flexibility index (Phi) is 6.23. The van der Waals surface area contributed by atoms with E-state index in [1.807, 2.05) is 78.6 Å². The Balaban J connectivity index is 1.33. The summed E-state index contributed by atoms with van der Waals surface area (Å²) in [4.78, 5) is 16.7. The van der Waals surface area contributed by atoms with Crippen LogP contribution in [0.25, 0.3) is 11.3 Å². The van der Waals surface area contributed by atoms with E-state index in [-0.39, 0.29) is 5.91 Å². The van der Waals surface area contributed by atoms with Crippen molar-refractivity contribution in [2.75, 3.05) is 37.7 Å². The van der Waals surface area contributed by atoms with Crippen molar-refractivity contribution in [3.05, 3.63) is 72.3 Å². The molecule has 0 bridgehead atoms. The first kappa shape index (κ1) is 19.9. The van der Waals surface area contributed by atoms with Crippen LogP contribution >= 0.6 is 0 Å². The van der Waals surface area contributed by atoms with E-state index in [1.165, 1.54) is 0 Å². The van der Waals surface area contributed by atoms with Gasteiger partial charge in [-0.25, -0.2) is 0 Å². The van der Waals surface area contributed by atoms with E-state index < -0.39 is 0 Å². The summed E-state index contributed by atoms with van der Waals surface area (Å²) in [6.45, 7) is 5.55. The molecule has 1 amide bonds. The van der Waals surface area contributed by atoms with Gasteiger partial charge >= 0.3 is 0 Å². The second kappa shape index (κ2) is 9.39. The third kappa shape index (κ3) is 4.76. The van der Waals surface area contributed by atoms with Gasteiger partial charge in [0.15, 0.2) is 5.82 Å². The highest BCUT2D eigenvalue weighted by Gasteiger charge is 2.22. The highest BCUT2D eigenvalue weighted by Crippen LogP contribution is 2.22. The Bertz CT molecular complexity index is 951. The number of piperazine rings is 1. The lowest BCUT2D eigenvalue weighted by Gasteiger charge is -2.35. The van der Waals surface area contributed by atoms with Crippen LogP contribution < -0.4 is 9.64 Å². The molecule has 2 heterocycles. The molecule has 0 saturated carbocycles. The molecule has 0 unspecified atom stereocenters. The zero-order chi connectivity index (χ0) is 20.8. The second-order valence-corrected chi connectivity index (χ2v) is 7.26. The molecule has 30 heavy (non-hydrogen) atoms. The molecule has 0 atom stereocenters. The molecule has 0 radical (unpaired) electrons. The van der Waals surface area contributed by atoms with Crippen LogP contribution in [0.15, 0.2) is 66.7 Å². The van der Waals surface area contributed by atoms with Gasteiger partial charge in [-0.05, 0) is 48.9 Å². The molecule has 1 aliphatic heterocycles. The number of nitrogens with zero attached hydrogens (tertiary/aromatic N) is 4. The molecule has 2 aromatic carbocycles. The van der Waals surface area contributed by atoms with E-state index in [4.69, 9.17) is 4.74 Å². The van der Waals surface area contributed by atoms with Gasteiger partial charge in [-0.3, -0.25) is 4.79 Å². The van der Waals surface area contributed by atoms with Crippen LogP contribution in [0.4, 0.5) is 5.82 Å². The number of anilines is 1. The maximum absolute atomic E-state index is 12.5. The third-order valence-corrected chi connectivity index (χ3v) is 5.27. The summed E-state index contributed by atoms with van der Waals surface area (Å²) in [5, 5.41) is 8.81. The maximum atomic E-state index is 12.5. The van der Waals surface area contributed by atoms with E-state index in [0.29, 0.717) is 26.1 Å². The minimum absolute atomic E-state index is 0.179. The predicted octanol–water partition coefficient (Wildman–Crippen LogP) is 3.43. The lowest BCUT2D eigenvalue weighted by Crippen LogP contribution is -2.49. The molecule has 1 aromatic heterocycles. The predicted molar refractivity (Wildman–Crippen MR) is 118 cm³/mol. The fraction of sp³-hybridized carbons (Fsp3) is 0.292. The smallest absolute Gasteiger partial charge is 0.227 e. The second-order valence-electron chi connectivity index (χ2n) is 7.26. The molecule has 1 fully saturated rings. The summed E-state index contributed by atoms with van der Waals surface area (Å²) in [7, 11) is 0. The summed E-state index contributed by atoms with van der Waals surface area (Å²) in [6.07, 6.45) is 0.456. The maximum Gasteiger partial charge on any atom is 0.227 e. The van der Waals surface area contributed by atoms with E-state index in [0.717, 1.165) is 41.5 Å². The third-order valence-electron chi connectivity index (χ3n) is 5.27. The zero-order valence-corrected chi connectivity index (χ0v) is 17.2. The van der Waals surface area contributed by atoms with Gasteiger partial charge in [-0.2, -0.15) is 0 Å². The van der Waals surface area contributed by atoms with Crippen LogP contribution in [0.3, 0.4) is 0 Å².